The molecule has 88 valence electrons. The molecule has 16 heavy (non-hydrogen) atoms. The van der Waals surface area contributed by atoms with E-state index in [1.54, 1.807) is 6.92 Å². The summed E-state index contributed by atoms with van der Waals surface area (Å²) < 4.78 is 29.5. The van der Waals surface area contributed by atoms with E-state index in [0.717, 1.165) is 6.07 Å². The zero-order chi connectivity index (χ0) is 12.3. The van der Waals surface area contributed by atoms with E-state index in [-0.39, 0.29) is 22.5 Å². The Balaban J connectivity index is 3.15. The van der Waals surface area contributed by atoms with Crippen LogP contribution in [-0.2, 0) is 4.74 Å². The lowest BCUT2D eigenvalue weighted by molar-refractivity contribution is 0.0524. The Labute approximate surface area is 98.9 Å². The molecule has 7 heteroatoms. The van der Waals surface area contributed by atoms with E-state index >= 15 is 0 Å². The number of pyridine rings is 1. The van der Waals surface area contributed by atoms with Gasteiger partial charge in [-0.1, -0.05) is 0 Å². The Morgan fingerprint density at radius 1 is 1.69 bits per heavy atom. The number of ether oxygens (including phenoxy) is 1. The lowest BCUT2D eigenvalue weighted by Crippen LogP contribution is -2.09. The fraction of sp³-hybridized carbons (Fsp3) is 0.333. The highest BCUT2D eigenvalue weighted by Crippen LogP contribution is 2.27. The minimum absolute atomic E-state index is 0.00421. The maximum Gasteiger partial charge on any atom is 0.340 e. The lowest BCUT2D eigenvalue weighted by Gasteiger charge is -2.08. The van der Waals surface area contributed by atoms with Crippen LogP contribution < -0.4 is 5.73 Å². The first-order chi connectivity index (χ1) is 7.47. The van der Waals surface area contributed by atoms with Crippen LogP contribution in [-0.4, -0.2) is 17.6 Å². The fourth-order valence-electron chi connectivity index (χ4n) is 1.05. The van der Waals surface area contributed by atoms with Gasteiger partial charge in [0.25, 0.3) is 6.43 Å². The van der Waals surface area contributed by atoms with Gasteiger partial charge in [-0.05, 0) is 28.9 Å². The first-order valence-corrected chi connectivity index (χ1v) is 5.17. The van der Waals surface area contributed by atoms with Gasteiger partial charge in [-0.15, -0.1) is 0 Å². The highest BCUT2D eigenvalue weighted by atomic mass is 79.9. The average molecular weight is 295 g/mol. The topological polar surface area (TPSA) is 65.2 Å². The molecule has 1 aromatic rings. The molecule has 0 aliphatic rings. The van der Waals surface area contributed by atoms with Crippen LogP contribution in [0.1, 0.15) is 29.4 Å². The minimum Gasteiger partial charge on any atom is -0.462 e. The number of hydrogen-bond acceptors (Lipinski definition) is 4. The predicted molar refractivity (Wildman–Crippen MR) is 57.3 cm³/mol. The molecule has 1 aromatic heterocycles. The average Bonchev–Trinajstić information content (AvgIpc) is 2.20. The molecule has 0 saturated heterocycles. The standard InChI is InChI=1S/C9H9BrF2N2O2/c1-2-16-9(15)4-3-5(13)6(8(11)12)14-7(4)10/h3,8H,2,13H2,1H3. The van der Waals surface area contributed by atoms with Crippen LogP contribution in [0.15, 0.2) is 10.7 Å². The van der Waals surface area contributed by atoms with Gasteiger partial charge in [0.2, 0.25) is 0 Å². The van der Waals surface area contributed by atoms with Gasteiger partial charge >= 0.3 is 5.97 Å². The van der Waals surface area contributed by atoms with E-state index in [2.05, 4.69) is 20.9 Å². The summed E-state index contributed by atoms with van der Waals surface area (Å²) in [4.78, 5) is 14.9. The van der Waals surface area contributed by atoms with Gasteiger partial charge in [-0.3, -0.25) is 0 Å². The number of alkyl halides is 2. The van der Waals surface area contributed by atoms with E-state index in [1.165, 1.54) is 0 Å². The van der Waals surface area contributed by atoms with Gasteiger partial charge < -0.3 is 10.5 Å². The first-order valence-electron chi connectivity index (χ1n) is 4.38. The Kier molecular flexibility index (Phi) is 4.17. The minimum atomic E-state index is -2.78. The number of nitrogen functional groups attached to an aromatic ring is 1. The molecular formula is C9H9BrF2N2O2. The van der Waals surface area contributed by atoms with Crippen molar-refractivity contribution in [1.82, 2.24) is 4.98 Å². The number of carbonyl (C=O) groups excluding carboxylic acids is 1. The lowest BCUT2D eigenvalue weighted by atomic mass is 10.2. The summed E-state index contributed by atoms with van der Waals surface area (Å²) in [6.45, 7) is 1.82. The maximum atomic E-state index is 12.4. The van der Waals surface area contributed by atoms with Crippen molar-refractivity contribution in [3.63, 3.8) is 0 Å². The van der Waals surface area contributed by atoms with Crippen LogP contribution in [0.5, 0.6) is 0 Å². The van der Waals surface area contributed by atoms with Crippen LogP contribution in [0.2, 0.25) is 0 Å². The molecule has 0 saturated carbocycles. The summed E-state index contributed by atoms with van der Waals surface area (Å²) in [7, 11) is 0. The van der Waals surface area contributed by atoms with E-state index in [4.69, 9.17) is 10.5 Å². The predicted octanol–water partition coefficient (Wildman–Crippen LogP) is 2.54. The van der Waals surface area contributed by atoms with Crippen molar-refractivity contribution in [2.45, 2.75) is 13.3 Å². The normalized spacial score (nSPS) is 10.6. The molecule has 0 aromatic carbocycles. The molecule has 0 bridgehead atoms. The van der Waals surface area contributed by atoms with Gasteiger partial charge in [-0.25, -0.2) is 18.6 Å². The summed E-state index contributed by atoms with van der Waals surface area (Å²) in [6, 6.07) is 1.12. The molecule has 0 unspecified atom stereocenters. The number of esters is 1. The molecule has 2 N–H and O–H groups in total. The molecule has 0 spiro atoms. The number of anilines is 1. The zero-order valence-corrected chi connectivity index (χ0v) is 9.92. The van der Waals surface area contributed by atoms with Gasteiger partial charge in [0.15, 0.2) is 0 Å². The van der Waals surface area contributed by atoms with Crippen LogP contribution in [0, 0.1) is 0 Å². The Morgan fingerprint density at radius 2 is 2.31 bits per heavy atom. The van der Waals surface area contributed by atoms with Crippen LogP contribution in [0.25, 0.3) is 0 Å². The fourth-order valence-corrected chi connectivity index (χ4v) is 1.51. The Morgan fingerprint density at radius 3 is 2.81 bits per heavy atom. The highest BCUT2D eigenvalue weighted by molar-refractivity contribution is 9.10. The Bertz CT molecular complexity index is 413. The zero-order valence-electron chi connectivity index (χ0n) is 8.34. The van der Waals surface area contributed by atoms with Crippen LogP contribution in [0.3, 0.4) is 0 Å². The van der Waals surface area contributed by atoms with Crippen molar-refractivity contribution in [2.75, 3.05) is 12.3 Å². The highest BCUT2D eigenvalue weighted by Gasteiger charge is 2.20. The van der Waals surface area contributed by atoms with E-state index < -0.39 is 18.1 Å². The molecule has 0 aliphatic heterocycles. The Hall–Kier alpha value is -1.24. The summed E-state index contributed by atoms with van der Waals surface area (Å²) in [6.07, 6.45) is -2.78. The molecule has 1 heterocycles. The third kappa shape index (κ3) is 2.66. The van der Waals surface area contributed by atoms with E-state index in [1.807, 2.05) is 0 Å². The maximum absolute atomic E-state index is 12.4. The molecular weight excluding hydrogens is 286 g/mol. The van der Waals surface area contributed by atoms with Crippen molar-refractivity contribution in [1.29, 1.82) is 0 Å². The van der Waals surface area contributed by atoms with Crippen molar-refractivity contribution < 1.29 is 18.3 Å². The second-order valence-electron chi connectivity index (χ2n) is 2.82. The number of rotatable bonds is 3. The SMILES string of the molecule is CCOC(=O)c1cc(N)c(C(F)F)nc1Br. The van der Waals surface area contributed by atoms with Gasteiger partial charge in [0, 0.05) is 0 Å². The molecule has 4 nitrogen and oxygen atoms in total. The molecule has 0 aliphatic carbocycles. The third-order valence-electron chi connectivity index (χ3n) is 1.74. The monoisotopic (exact) mass is 294 g/mol. The number of nitrogens with two attached hydrogens (primary N) is 1. The van der Waals surface area contributed by atoms with E-state index in [9.17, 15) is 13.6 Å². The number of hydrogen-bond donors (Lipinski definition) is 1. The quantitative estimate of drug-likeness (QED) is 0.687. The summed E-state index contributed by atoms with van der Waals surface area (Å²) in [5, 5.41) is 0. The van der Waals surface area contributed by atoms with Crippen LogP contribution in [0.4, 0.5) is 14.5 Å². The third-order valence-corrected chi connectivity index (χ3v) is 2.34. The number of aromatic nitrogens is 1. The molecule has 0 fully saturated rings. The molecule has 1 rings (SSSR count). The van der Waals surface area contributed by atoms with Crippen molar-refractivity contribution in [3.05, 3.63) is 21.9 Å². The number of halogens is 3. The molecule has 0 radical (unpaired) electrons. The number of carbonyl (C=O) groups is 1. The smallest absolute Gasteiger partial charge is 0.340 e. The van der Waals surface area contributed by atoms with Gasteiger partial charge in [0.1, 0.15) is 10.3 Å². The largest absolute Gasteiger partial charge is 0.462 e. The summed E-state index contributed by atoms with van der Waals surface area (Å²) in [5.41, 5.74) is 4.59. The van der Waals surface area contributed by atoms with Gasteiger partial charge in [0.05, 0.1) is 17.9 Å². The molecule has 0 atom stereocenters. The molecule has 0 amide bonds. The van der Waals surface area contributed by atoms with Gasteiger partial charge in [-0.2, -0.15) is 0 Å². The summed E-state index contributed by atoms with van der Waals surface area (Å²) >= 11 is 2.92. The van der Waals surface area contributed by atoms with Crippen LogP contribution >= 0.6 is 15.9 Å². The van der Waals surface area contributed by atoms with Crippen molar-refractivity contribution in [2.24, 2.45) is 0 Å². The van der Waals surface area contributed by atoms with Crippen molar-refractivity contribution >= 4 is 27.6 Å². The number of nitrogens with zero attached hydrogens (tertiary/aromatic N) is 1. The van der Waals surface area contributed by atoms with Crippen molar-refractivity contribution in [3.8, 4) is 0 Å². The second-order valence-corrected chi connectivity index (χ2v) is 3.57. The first kappa shape index (κ1) is 12.8. The summed E-state index contributed by atoms with van der Waals surface area (Å²) in [5.74, 6) is -0.658. The second kappa shape index (κ2) is 5.20. The van der Waals surface area contributed by atoms with E-state index in [0.29, 0.717) is 0 Å².